The lowest BCUT2D eigenvalue weighted by molar-refractivity contribution is 0.102. The fourth-order valence-electron chi connectivity index (χ4n) is 1.71. The van der Waals surface area contributed by atoms with Crippen molar-refractivity contribution in [2.45, 2.75) is 0 Å². The molecule has 0 aliphatic carbocycles. The smallest absolute Gasteiger partial charge is 0.257 e. The number of carbonyl (C=O) groups is 1. The Morgan fingerprint density at radius 2 is 1.86 bits per heavy atom. The molecule has 0 atom stereocenters. The van der Waals surface area contributed by atoms with Crippen molar-refractivity contribution in [1.29, 1.82) is 0 Å². The number of nitrogens with zero attached hydrogens (tertiary/aromatic N) is 1. The third-order valence-electron chi connectivity index (χ3n) is 2.81. The number of anilines is 2. The SMILES string of the molecule is NC(=NO)c1ccc(NC(=O)c2cc(Cl)ccc2N)cc1. The Labute approximate surface area is 126 Å². The van der Waals surface area contributed by atoms with Gasteiger partial charge in [0.2, 0.25) is 0 Å². The maximum Gasteiger partial charge on any atom is 0.257 e. The van der Waals surface area contributed by atoms with Crippen molar-refractivity contribution >= 4 is 34.7 Å². The highest BCUT2D eigenvalue weighted by Gasteiger charge is 2.11. The topological polar surface area (TPSA) is 114 Å². The Morgan fingerprint density at radius 1 is 1.19 bits per heavy atom. The number of nitrogens with two attached hydrogens (primary N) is 2. The first kappa shape index (κ1) is 14.7. The molecule has 0 spiro atoms. The molecule has 2 aromatic carbocycles. The lowest BCUT2D eigenvalue weighted by Gasteiger charge is -2.08. The number of rotatable bonds is 3. The maximum absolute atomic E-state index is 12.1. The molecule has 21 heavy (non-hydrogen) atoms. The summed E-state index contributed by atoms with van der Waals surface area (Å²) in [6.07, 6.45) is 0. The van der Waals surface area contributed by atoms with Gasteiger partial charge in [-0.05, 0) is 42.5 Å². The molecule has 0 radical (unpaired) electrons. The van der Waals surface area contributed by atoms with Crippen molar-refractivity contribution in [3.8, 4) is 0 Å². The molecule has 0 unspecified atom stereocenters. The molecule has 0 saturated carbocycles. The molecule has 0 heterocycles. The second-order valence-electron chi connectivity index (χ2n) is 4.25. The molecule has 6 nitrogen and oxygen atoms in total. The summed E-state index contributed by atoms with van der Waals surface area (Å²) in [5.74, 6) is -0.376. The van der Waals surface area contributed by atoms with Crippen LogP contribution in [0.15, 0.2) is 47.6 Å². The summed E-state index contributed by atoms with van der Waals surface area (Å²) in [7, 11) is 0. The number of amidine groups is 1. The van der Waals surface area contributed by atoms with Crippen LogP contribution in [0.1, 0.15) is 15.9 Å². The third kappa shape index (κ3) is 3.43. The Bertz CT molecular complexity index is 699. The van der Waals surface area contributed by atoms with Crippen LogP contribution in [0.2, 0.25) is 5.02 Å². The van der Waals surface area contributed by atoms with Crippen molar-refractivity contribution in [1.82, 2.24) is 0 Å². The zero-order valence-electron chi connectivity index (χ0n) is 10.9. The third-order valence-corrected chi connectivity index (χ3v) is 3.04. The van der Waals surface area contributed by atoms with Gasteiger partial charge in [-0.25, -0.2) is 0 Å². The second kappa shape index (κ2) is 6.15. The summed E-state index contributed by atoms with van der Waals surface area (Å²) in [4.78, 5) is 12.1. The predicted octanol–water partition coefficient (Wildman–Crippen LogP) is 2.27. The van der Waals surface area contributed by atoms with E-state index in [0.29, 0.717) is 27.5 Å². The van der Waals surface area contributed by atoms with E-state index in [4.69, 9.17) is 28.3 Å². The van der Waals surface area contributed by atoms with E-state index in [1.807, 2.05) is 0 Å². The van der Waals surface area contributed by atoms with Gasteiger partial charge in [-0.1, -0.05) is 16.8 Å². The van der Waals surface area contributed by atoms with Crippen LogP contribution >= 0.6 is 11.6 Å². The Morgan fingerprint density at radius 3 is 2.48 bits per heavy atom. The quantitative estimate of drug-likeness (QED) is 0.229. The van der Waals surface area contributed by atoms with Gasteiger partial charge < -0.3 is 22.0 Å². The zero-order chi connectivity index (χ0) is 15.4. The molecule has 0 bridgehead atoms. The molecular weight excluding hydrogens is 292 g/mol. The number of carbonyl (C=O) groups excluding carboxylic acids is 1. The first-order chi connectivity index (χ1) is 10.0. The van der Waals surface area contributed by atoms with E-state index < -0.39 is 0 Å². The van der Waals surface area contributed by atoms with Gasteiger partial charge >= 0.3 is 0 Å². The number of hydrogen-bond acceptors (Lipinski definition) is 4. The summed E-state index contributed by atoms with van der Waals surface area (Å²) in [5, 5.41) is 14.6. The van der Waals surface area contributed by atoms with Crippen molar-refractivity contribution in [2.24, 2.45) is 10.9 Å². The summed E-state index contributed by atoms with van der Waals surface area (Å²) >= 11 is 5.85. The monoisotopic (exact) mass is 304 g/mol. The normalized spacial score (nSPS) is 11.2. The largest absolute Gasteiger partial charge is 0.409 e. The van der Waals surface area contributed by atoms with Crippen LogP contribution < -0.4 is 16.8 Å². The molecule has 0 aliphatic rings. The van der Waals surface area contributed by atoms with Crippen LogP contribution in [-0.4, -0.2) is 17.0 Å². The highest BCUT2D eigenvalue weighted by atomic mass is 35.5. The van der Waals surface area contributed by atoms with E-state index in [1.165, 1.54) is 6.07 Å². The first-order valence-electron chi connectivity index (χ1n) is 5.95. The second-order valence-corrected chi connectivity index (χ2v) is 4.68. The molecular formula is C14H13ClN4O2. The molecule has 108 valence electrons. The van der Waals surface area contributed by atoms with Crippen molar-refractivity contribution in [3.63, 3.8) is 0 Å². The summed E-state index contributed by atoms with van der Waals surface area (Å²) < 4.78 is 0. The van der Waals surface area contributed by atoms with E-state index in [1.54, 1.807) is 36.4 Å². The highest BCUT2D eigenvalue weighted by Crippen LogP contribution is 2.19. The Hall–Kier alpha value is -2.73. The van der Waals surface area contributed by atoms with Crippen molar-refractivity contribution in [2.75, 3.05) is 11.1 Å². The molecule has 0 fully saturated rings. The first-order valence-corrected chi connectivity index (χ1v) is 6.33. The molecule has 2 aromatic rings. The van der Waals surface area contributed by atoms with Crippen LogP contribution in [0.3, 0.4) is 0 Å². The van der Waals surface area contributed by atoms with Crippen LogP contribution in [0, 0.1) is 0 Å². The van der Waals surface area contributed by atoms with Crippen LogP contribution in [-0.2, 0) is 0 Å². The number of amides is 1. The fraction of sp³-hybridized carbons (Fsp3) is 0. The van der Waals surface area contributed by atoms with Gasteiger partial charge in [-0.2, -0.15) is 0 Å². The number of nitrogens with one attached hydrogen (secondary N) is 1. The lowest BCUT2D eigenvalue weighted by atomic mass is 10.1. The minimum absolute atomic E-state index is 0.00744. The molecule has 0 aromatic heterocycles. The number of hydrogen-bond donors (Lipinski definition) is 4. The maximum atomic E-state index is 12.1. The van der Waals surface area contributed by atoms with Gasteiger partial charge in [0.15, 0.2) is 5.84 Å². The minimum atomic E-state index is -0.369. The number of halogens is 1. The number of nitrogen functional groups attached to an aromatic ring is 1. The van der Waals surface area contributed by atoms with Gasteiger partial charge in [0, 0.05) is 22.0 Å². The van der Waals surface area contributed by atoms with Gasteiger partial charge in [0.1, 0.15) is 0 Å². The summed E-state index contributed by atoms with van der Waals surface area (Å²) in [5.41, 5.74) is 12.9. The molecule has 0 aliphatic heterocycles. The summed E-state index contributed by atoms with van der Waals surface area (Å²) in [6, 6.07) is 11.2. The summed E-state index contributed by atoms with van der Waals surface area (Å²) in [6.45, 7) is 0. The average Bonchev–Trinajstić information content (AvgIpc) is 2.49. The van der Waals surface area contributed by atoms with Gasteiger partial charge in [0.25, 0.3) is 5.91 Å². The van der Waals surface area contributed by atoms with Gasteiger partial charge in [-0.3, -0.25) is 4.79 Å². The predicted molar refractivity (Wildman–Crippen MR) is 82.8 cm³/mol. The number of benzene rings is 2. The standard InChI is InChI=1S/C14H13ClN4O2/c15-9-3-6-12(16)11(7-9)14(20)18-10-4-1-8(2-5-10)13(17)19-21/h1-7,21H,16H2,(H2,17,19)(H,18,20). The van der Waals surface area contributed by atoms with E-state index in [-0.39, 0.29) is 11.7 Å². The Kier molecular flexibility index (Phi) is 4.30. The van der Waals surface area contributed by atoms with E-state index in [9.17, 15) is 4.79 Å². The van der Waals surface area contributed by atoms with Gasteiger partial charge in [0.05, 0.1) is 5.56 Å². The molecule has 7 heteroatoms. The zero-order valence-corrected chi connectivity index (χ0v) is 11.6. The minimum Gasteiger partial charge on any atom is -0.409 e. The van der Waals surface area contributed by atoms with E-state index in [2.05, 4.69) is 10.5 Å². The van der Waals surface area contributed by atoms with Crippen LogP contribution in [0.4, 0.5) is 11.4 Å². The number of oxime groups is 1. The molecule has 2 rings (SSSR count). The van der Waals surface area contributed by atoms with Crippen molar-refractivity contribution in [3.05, 3.63) is 58.6 Å². The van der Waals surface area contributed by atoms with Gasteiger partial charge in [-0.15, -0.1) is 0 Å². The fourth-order valence-corrected chi connectivity index (χ4v) is 1.88. The van der Waals surface area contributed by atoms with E-state index in [0.717, 1.165) is 0 Å². The lowest BCUT2D eigenvalue weighted by Crippen LogP contribution is -2.15. The molecule has 0 saturated heterocycles. The van der Waals surface area contributed by atoms with Crippen LogP contribution in [0.25, 0.3) is 0 Å². The Balaban J connectivity index is 2.18. The van der Waals surface area contributed by atoms with Crippen molar-refractivity contribution < 1.29 is 10.0 Å². The molecule has 6 N–H and O–H groups in total. The van der Waals surface area contributed by atoms with E-state index >= 15 is 0 Å². The molecule has 1 amide bonds. The highest BCUT2D eigenvalue weighted by molar-refractivity contribution is 6.31. The van der Waals surface area contributed by atoms with Crippen LogP contribution in [0.5, 0.6) is 0 Å². The average molecular weight is 305 g/mol.